The summed E-state index contributed by atoms with van der Waals surface area (Å²) in [6.45, 7) is 0. The van der Waals surface area contributed by atoms with Crippen LogP contribution in [-0.2, 0) is 0 Å². The highest BCUT2D eigenvalue weighted by Crippen LogP contribution is 2.31. The minimum absolute atomic E-state index is 0.0128. The molecule has 0 saturated heterocycles. The van der Waals surface area contributed by atoms with E-state index in [9.17, 15) is 18.7 Å². The van der Waals surface area contributed by atoms with E-state index >= 15 is 0 Å². The van der Waals surface area contributed by atoms with E-state index in [4.69, 9.17) is 5.11 Å². The van der Waals surface area contributed by atoms with Crippen LogP contribution in [0.5, 0.6) is 5.75 Å². The summed E-state index contributed by atoms with van der Waals surface area (Å²) in [6, 6.07) is 3.03. The van der Waals surface area contributed by atoms with E-state index in [1.165, 1.54) is 0 Å². The van der Waals surface area contributed by atoms with Crippen LogP contribution in [0.4, 0.5) is 8.78 Å². The van der Waals surface area contributed by atoms with Crippen molar-refractivity contribution in [3.8, 4) is 17.0 Å². The van der Waals surface area contributed by atoms with Crippen molar-refractivity contribution in [3.05, 3.63) is 35.5 Å². The van der Waals surface area contributed by atoms with Gasteiger partial charge < -0.3 is 10.2 Å². The molecule has 3 N–H and O–H groups in total. The summed E-state index contributed by atoms with van der Waals surface area (Å²) < 4.78 is 25.8. The number of aromatic nitrogens is 2. The highest BCUT2D eigenvalue weighted by molar-refractivity contribution is 5.87. The van der Waals surface area contributed by atoms with Crippen LogP contribution >= 0.6 is 0 Å². The minimum atomic E-state index is -1.40. The lowest BCUT2D eigenvalue weighted by Gasteiger charge is -2.02. The van der Waals surface area contributed by atoms with Gasteiger partial charge >= 0.3 is 5.97 Å². The predicted octanol–water partition coefficient (Wildman–Crippen LogP) is 1.76. The third-order valence-corrected chi connectivity index (χ3v) is 2.15. The number of rotatable bonds is 2. The van der Waals surface area contributed by atoms with Crippen LogP contribution in [-0.4, -0.2) is 26.4 Å². The maximum atomic E-state index is 13.1. The van der Waals surface area contributed by atoms with E-state index in [2.05, 4.69) is 10.2 Å². The summed E-state index contributed by atoms with van der Waals surface area (Å²) in [5.41, 5.74) is -0.296. The summed E-state index contributed by atoms with van der Waals surface area (Å²) in [4.78, 5) is 10.6. The number of hydrogen-bond acceptors (Lipinski definition) is 3. The molecule has 0 atom stereocenters. The first kappa shape index (κ1) is 11.1. The molecule has 1 heterocycles. The zero-order valence-corrected chi connectivity index (χ0v) is 8.24. The van der Waals surface area contributed by atoms with Gasteiger partial charge in [0.05, 0.1) is 5.69 Å². The van der Waals surface area contributed by atoms with Crippen molar-refractivity contribution in [2.75, 3.05) is 0 Å². The molecule has 0 fully saturated rings. The number of phenols is 1. The van der Waals surface area contributed by atoms with Gasteiger partial charge in [0.2, 0.25) is 5.82 Å². The van der Waals surface area contributed by atoms with Gasteiger partial charge in [-0.3, -0.25) is 5.10 Å². The Bertz CT molecular complexity index is 595. The van der Waals surface area contributed by atoms with E-state index in [1.807, 2.05) is 0 Å². The molecule has 2 rings (SSSR count). The number of carboxylic acids is 1. The van der Waals surface area contributed by atoms with Crippen LogP contribution in [0, 0.1) is 11.6 Å². The molecule has 17 heavy (non-hydrogen) atoms. The Morgan fingerprint density at radius 2 is 2.06 bits per heavy atom. The highest BCUT2D eigenvalue weighted by Gasteiger charge is 2.17. The molecule has 2 aromatic rings. The number of carbonyl (C=O) groups is 1. The van der Waals surface area contributed by atoms with Gasteiger partial charge in [0.25, 0.3) is 0 Å². The van der Waals surface area contributed by atoms with Crippen molar-refractivity contribution in [2.45, 2.75) is 0 Å². The fourth-order valence-corrected chi connectivity index (χ4v) is 1.32. The van der Waals surface area contributed by atoms with Gasteiger partial charge in [0.15, 0.2) is 11.6 Å². The molecule has 5 nitrogen and oxygen atoms in total. The number of benzene rings is 1. The SMILES string of the molecule is O=C(O)c1cc(-c2ccc(F)c(F)c2O)n[nH]1. The minimum Gasteiger partial charge on any atom is -0.504 e. The topological polar surface area (TPSA) is 86.2 Å². The van der Waals surface area contributed by atoms with E-state index in [0.29, 0.717) is 0 Å². The van der Waals surface area contributed by atoms with Gasteiger partial charge in [-0.1, -0.05) is 0 Å². The Balaban J connectivity index is 2.53. The number of carboxylic acid groups (broad SMARTS) is 1. The first-order chi connectivity index (χ1) is 8.00. The fourth-order valence-electron chi connectivity index (χ4n) is 1.32. The van der Waals surface area contributed by atoms with Crippen molar-refractivity contribution >= 4 is 5.97 Å². The third kappa shape index (κ3) is 1.82. The molecule has 88 valence electrons. The second-order valence-corrected chi connectivity index (χ2v) is 3.23. The number of nitrogens with zero attached hydrogens (tertiary/aromatic N) is 1. The molecule has 0 aliphatic heterocycles. The maximum Gasteiger partial charge on any atom is 0.353 e. The lowest BCUT2D eigenvalue weighted by atomic mass is 10.1. The summed E-state index contributed by atoms with van der Waals surface area (Å²) in [5.74, 6) is -4.75. The van der Waals surface area contributed by atoms with Gasteiger partial charge in [-0.2, -0.15) is 9.49 Å². The molecule has 1 aromatic carbocycles. The fraction of sp³-hybridized carbons (Fsp3) is 0. The molecule has 0 bridgehead atoms. The second-order valence-electron chi connectivity index (χ2n) is 3.23. The standard InChI is InChI=1S/C10H6F2N2O3/c11-5-2-1-4(9(15)8(5)12)6-3-7(10(16)17)14-13-6/h1-3,15H,(H,13,14)(H,16,17). The van der Waals surface area contributed by atoms with Crippen molar-refractivity contribution in [3.63, 3.8) is 0 Å². The number of nitrogens with one attached hydrogen (secondary N) is 1. The van der Waals surface area contributed by atoms with Crippen molar-refractivity contribution < 1.29 is 23.8 Å². The van der Waals surface area contributed by atoms with Gasteiger partial charge in [-0.15, -0.1) is 0 Å². The smallest absolute Gasteiger partial charge is 0.353 e. The van der Waals surface area contributed by atoms with Crippen molar-refractivity contribution in [1.82, 2.24) is 10.2 Å². The molecule has 0 saturated carbocycles. The van der Waals surface area contributed by atoms with E-state index in [0.717, 1.165) is 18.2 Å². The Morgan fingerprint density at radius 1 is 1.35 bits per heavy atom. The number of aromatic hydroxyl groups is 1. The zero-order chi connectivity index (χ0) is 12.6. The molecule has 0 radical (unpaired) electrons. The molecule has 0 aliphatic rings. The number of aromatic amines is 1. The van der Waals surface area contributed by atoms with Crippen LogP contribution in [0.25, 0.3) is 11.3 Å². The van der Waals surface area contributed by atoms with E-state index in [1.54, 1.807) is 0 Å². The Hall–Kier alpha value is -2.44. The quantitative estimate of drug-likeness (QED) is 0.746. The zero-order valence-electron chi connectivity index (χ0n) is 8.24. The van der Waals surface area contributed by atoms with Crippen molar-refractivity contribution in [2.24, 2.45) is 0 Å². The summed E-state index contributed by atoms with van der Waals surface area (Å²) in [6.07, 6.45) is 0. The summed E-state index contributed by atoms with van der Waals surface area (Å²) in [5, 5.41) is 23.8. The average Bonchev–Trinajstić information content (AvgIpc) is 2.75. The molecular formula is C10H6F2N2O3. The molecule has 0 aliphatic carbocycles. The first-order valence-electron chi connectivity index (χ1n) is 4.46. The lowest BCUT2D eigenvalue weighted by molar-refractivity contribution is 0.0690. The van der Waals surface area contributed by atoms with Crippen LogP contribution in [0.15, 0.2) is 18.2 Å². The number of hydrogen-bond donors (Lipinski definition) is 3. The molecule has 7 heteroatoms. The number of halogens is 2. The lowest BCUT2D eigenvalue weighted by Crippen LogP contribution is -1.95. The number of H-pyrrole nitrogens is 1. The van der Waals surface area contributed by atoms with Gasteiger partial charge in [-0.05, 0) is 18.2 Å². The van der Waals surface area contributed by atoms with Crippen LogP contribution < -0.4 is 0 Å². The van der Waals surface area contributed by atoms with E-state index in [-0.39, 0.29) is 17.0 Å². The molecule has 1 aromatic heterocycles. The predicted molar refractivity (Wildman–Crippen MR) is 52.6 cm³/mol. The summed E-state index contributed by atoms with van der Waals surface area (Å²) >= 11 is 0. The molecule has 0 amide bonds. The van der Waals surface area contributed by atoms with Gasteiger partial charge in [0.1, 0.15) is 5.69 Å². The third-order valence-electron chi connectivity index (χ3n) is 2.15. The Kier molecular flexibility index (Phi) is 2.51. The highest BCUT2D eigenvalue weighted by atomic mass is 19.2. The first-order valence-corrected chi connectivity index (χ1v) is 4.46. The summed E-state index contributed by atoms with van der Waals surface area (Å²) in [7, 11) is 0. The Morgan fingerprint density at radius 3 is 2.65 bits per heavy atom. The van der Waals surface area contributed by atoms with Crippen LogP contribution in [0.1, 0.15) is 10.5 Å². The molecular weight excluding hydrogens is 234 g/mol. The number of phenolic OH excluding ortho intramolecular Hbond substituents is 1. The number of aromatic carboxylic acids is 1. The average molecular weight is 240 g/mol. The monoisotopic (exact) mass is 240 g/mol. The molecule has 0 unspecified atom stereocenters. The van der Waals surface area contributed by atoms with Gasteiger partial charge in [0, 0.05) is 5.56 Å². The Labute approximate surface area is 93.3 Å². The molecule has 0 spiro atoms. The van der Waals surface area contributed by atoms with Crippen LogP contribution in [0.2, 0.25) is 0 Å². The van der Waals surface area contributed by atoms with Crippen molar-refractivity contribution in [1.29, 1.82) is 0 Å². The van der Waals surface area contributed by atoms with E-state index < -0.39 is 23.4 Å². The van der Waals surface area contributed by atoms with Gasteiger partial charge in [-0.25, -0.2) is 9.18 Å². The normalized spacial score (nSPS) is 10.5. The largest absolute Gasteiger partial charge is 0.504 e. The second kappa shape index (κ2) is 3.85. The van der Waals surface area contributed by atoms with Crippen LogP contribution in [0.3, 0.4) is 0 Å². The maximum absolute atomic E-state index is 13.1.